The van der Waals surface area contributed by atoms with Crippen LogP contribution in [0.2, 0.25) is 0 Å². The Balaban J connectivity index is 2.73. The number of unbranched alkanes of at least 4 members (excludes halogenated alkanes) is 1. The highest BCUT2D eigenvalue weighted by molar-refractivity contribution is 9.10. The molecule has 0 spiro atoms. The number of rotatable bonds is 5. The molecule has 98 valence electrons. The molecule has 4 N–H and O–H groups in total. The van der Waals surface area contributed by atoms with Gasteiger partial charge in [-0.15, -0.1) is 0 Å². The molecule has 0 aliphatic rings. The average molecular weight is 330 g/mol. The summed E-state index contributed by atoms with van der Waals surface area (Å²) in [5, 5.41) is 5.51. The van der Waals surface area contributed by atoms with Gasteiger partial charge in [-0.25, -0.2) is 4.79 Å². The number of anilines is 1. The molecule has 1 aromatic rings. The molecule has 1 rings (SSSR count). The summed E-state index contributed by atoms with van der Waals surface area (Å²) >= 11 is 8.29. The van der Waals surface area contributed by atoms with E-state index < -0.39 is 0 Å². The van der Waals surface area contributed by atoms with E-state index in [9.17, 15) is 4.79 Å². The van der Waals surface area contributed by atoms with E-state index in [2.05, 4.69) is 33.5 Å². The third-order valence-corrected chi connectivity index (χ3v) is 3.02. The van der Waals surface area contributed by atoms with E-state index in [1.165, 1.54) is 0 Å². The molecule has 6 heteroatoms. The van der Waals surface area contributed by atoms with Crippen molar-refractivity contribution >= 4 is 44.9 Å². The van der Waals surface area contributed by atoms with Crippen LogP contribution in [0.5, 0.6) is 0 Å². The Morgan fingerprint density at radius 3 is 2.83 bits per heavy atom. The molecule has 18 heavy (non-hydrogen) atoms. The van der Waals surface area contributed by atoms with Crippen LogP contribution >= 0.6 is 28.1 Å². The molecule has 0 saturated heterocycles. The second-order valence-corrected chi connectivity index (χ2v) is 5.14. The first kappa shape index (κ1) is 14.9. The van der Waals surface area contributed by atoms with Crippen molar-refractivity contribution in [1.29, 1.82) is 0 Å². The van der Waals surface area contributed by atoms with Crippen LogP contribution < -0.4 is 16.4 Å². The summed E-state index contributed by atoms with van der Waals surface area (Å²) in [5.41, 5.74) is 6.86. The van der Waals surface area contributed by atoms with Crippen LogP contribution in [-0.4, -0.2) is 17.6 Å². The van der Waals surface area contributed by atoms with E-state index in [1.54, 1.807) is 12.1 Å². The number of nitrogens with one attached hydrogen (secondary N) is 2. The number of urea groups is 1. The minimum atomic E-state index is -0.251. The maximum Gasteiger partial charge on any atom is 0.319 e. The first-order valence-corrected chi connectivity index (χ1v) is 6.89. The van der Waals surface area contributed by atoms with Gasteiger partial charge in [0.05, 0.1) is 5.69 Å². The lowest BCUT2D eigenvalue weighted by Crippen LogP contribution is -2.30. The Kier molecular flexibility index (Phi) is 6.07. The van der Waals surface area contributed by atoms with Crippen molar-refractivity contribution in [1.82, 2.24) is 5.32 Å². The van der Waals surface area contributed by atoms with E-state index in [4.69, 9.17) is 18.0 Å². The van der Waals surface area contributed by atoms with Gasteiger partial charge in [0.15, 0.2) is 0 Å². The molecule has 4 nitrogen and oxygen atoms in total. The lowest BCUT2D eigenvalue weighted by molar-refractivity contribution is 0.252. The zero-order chi connectivity index (χ0) is 13.5. The average Bonchev–Trinajstić information content (AvgIpc) is 2.29. The number of hydrogen-bond acceptors (Lipinski definition) is 2. The molecule has 0 aliphatic carbocycles. The first-order valence-electron chi connectivity index (χ1n) is 5.68. The number of amides is 2. The van der Waals surface area contributed by atoms with Gasteiger partial charge < -0.3 is 16.4 Å². The molecular weight excluding hydrogens is 314 g/mol. The second kappa shape index (κ2) is 7.33. The summed E-state index contributed by atoms with van der Waals surface area (Å²) in [5.74, 6) is 0. The maximum atomic E-state index is 11.7. The van der Waals surface area contributed by atoms with Crippen molar-refractivity contribution in [2.75, 3.05) is 11.9 Å². The largest absolute Gasteiger partial charge is 0.389 e. The van der Waals surface area contributed by atoms with Gasteiger partial charge in [-0.3, -0.25) is 0 Å². The fraction of sp³-hybridized carbons (Fsp3) is 0.333. The molecule has 0 saturated carbocycles. The minimum absolute atomic E-state index is 0.251. The summed E-state index contributed by atoms with van der Waals surface area (Å²) in [7, 11) is 0. The van der Waals surface area contributed by atoms with E-state index in [0.717, 1.165) is 17.3 Å². The minimum Gasteiger partial charge on any atom is -0.389 e. The molecule has 0 bridgehead atoms. The summed E-state index contributed by atoms with van der Waals surface area (Å²) in [6.07, 6.45) is 1.99. The molecule has 0 unspecified atom stereocenters. The van der Waals surface area contributed by atoms with Gasteiger partial charge in [0.2, 0.25) is 0 Å². The van der Waals surface area contributed by atoms with Crippen LogP contribution in [0.4, 0.5) is 10.5 Å². The highest BCUT2D eigenvalue weighted by atomic mass is 79.9. The van der Waals surface area contributed by atoms with Crippen LogP contribution in [0.1, 0.15) is 25.3 Å². The second-order valence-electron chi connectivity index (χ2n) is 3.79. The van der Waals surface area contributed by atoms with Crippen molar-refractivity contribution in [3.05, 3.63) is 28.2 Å². The van der Waals surface area contributed by atoms with Crippen molar-refractivity contribution in [3.8, 4) is 0 Å². The highest BCUT2D eigenvalue weighted by Crippen LogP contribution is 2.21. The van der Waals surface area contributed by atoms with Gasteiger partial charge in [-0.1, -0.05) is 41.5 Å². The van der Waals surface area contributed by atoms with Gasteiger partial charge in [-0.05, 0) is 24.6 Å². The van der Waals surface area contributed by atoms with Crippen LogP contribution in [0, 0.1) is 0 Å². The number of benzene rings is 1. The zero-order valence-corrected chi connectivity index (χ0v) is 12.5. The molecule has 0 fully saturated rings. The Hall–Kier alpha value is -1.14. The van der Waals surface area contributed by atoms with Crippen LogP contribution in [0.3, 0.4) is 0 Å². The van der Waals surface area contributed by atoms with E-state index >= 15 is 0 Å². The van der Waals surface area contributed by atoms with Gasteiger partial charge in [0.25, 0.3) is 0 Å². The van der Waals surface area contributed by atoms with E-state index in [-0.39, 0.29) is 11.0 Å². The predicted molar refractivity (Wildman–Crippen MR) is 82.0 cm³/mol. The number of carbonyl (C=O) groups excluding carboxylic acids is 1. The summed E-state index contributed by atoms with van der Waals surface area (Å²) in [6, 6.07) is 5.12. The van der Waals surface area contributed by atoms with Crippen LogP contribution in [0.15, 0.2) is 22.7 Å². The topological polar surface area (TPSA) is 67.2 Å². The Morgan fingerprint density at radius 2 is 2.22 bits per heavy atom. The molecule has 1 aromatic carbocycles. The number of hydrogen-bond donors (Lipinski definition) is 3. The molecule has 2 amide bonds. The Morgan fingerprint density at radius 1 is 1.50 bits per heavy atom. The lowest BCUT2D eigenvalue weighted by Gasteiger charge is -2.11. The van der Waals surface area contributed by atoms with E-state index in [1.807, 2.05) is 6.07 Å². The molecule has 0 heterocycles. The molecular formula is C12H16BrN3OS. The van der Waals surface area contributed by atoms with Crippen molar-refractivity contribution in [2.24, 2.45) is 5.73 Å². The molecule has 0 aromatic heterocycles. The van der Waals surface area contributed by atoms with Gasteiger partial charge in [0.1, 0.15) is 4.99 Å². The summed E-state index contributed by atoms with van der Waals surface area (Å²) in [4.78, 5) is 11.9. The standard InChI is InChI=1S/C12H16BrN3OS/c1-2-3-6-15-12(17)16-10-7-8(13)4-5-9(10)11(14)18/h4-5,7H,2-3,6H2,1H3,(H2,14,18)(H2,15,16,17). The quantitative estimate of drug-likeness (QED) is 0.574. The number of nitrogens with two attached hydrogens (primary N) is 1. The van der Waals surface area contributed by atoms with Crippen molar-refractivity contribution < 1.29 is 4.79 Å². The highest BCUT2D eigenvalue weighted by Gasteiger charge is 2.08. The number of halogens is 1. The Labute approximate surface area is 120 Å². The SMILES string of the molecule is CCCCNC(=O)Nc1cc(Br)ccc1C(N)=S. The fourth-order valence-electron chi connectivity index (χ4n) is 1.38. The lowest BCUT2D eigenvalue weighted by atomic mass is 10.2. The first-order chi connectivity index (χ1) is 8.54. The fourth-order valence-corrected chi connectivity index (χ4v) is 1.92. The third-order valence-electron chi connectivity index (χ3n) is 2.31. The maximum absolute atomic E-state index is 11.7. The smallest absolute Gasteiger partial charge is 0.319 e. The van der Waals surface area contributed by atoms with Crippen LogP contribution in [-0.2, 0) is 0 Å². The molecule has 0 atom stereocenters. The van der Waals surface area contributed by atoms with Crippen molar-refractivity contribution in [3.63, 3.8) is 0 Å². The predicted octanol–water partition coefficient (Wildman–Crippen LogP) is 3.00. The number of carbonyl (C=O) groups is 1. The zero-order valence-electron chi connectivity index (χ0n) is 10.1. The monoisotopic (exact) mass is 329 g/mol. The normalized spacial score (nSPS) is 9.89. The van der Waals surface area contributed by atoms with Gasteiger partial charge in [-0.2, -0.15) is 0 Å². The molecule has 0 aliphatic heterocycles. The Bertz CT molecular complexity index is 451. The number of thiocarbonyl (C=S) groups is 1. The van der Waals surface area contributed by atoms with Gasteiger partial charge in [0, 0.05) is 16.6 Å². The summed E-state index contributed by atoms with van der Waals surface area (Å²) in [6.45, 7) is 2.72. The van der Waals surface area contributed by atoms with E-state index in [0.29, 0.717) is 17.8 Å². The summed E-state index contributed by atoms with van der Waals surface area (Å²) < 4.78 is 0.853. The van der Waals surface area contributed by atoms with Crippen LogP contribution in [0.25, 0.3) is 0 Å². The van der Waals surface area contributed by atoms with Crippen molar-refractivity contribution in [2.45, 2.75) is 19.8 Å². The third kappa shape index (κ3) is 4.62. The molecule has 0 radical (unpaired) electrons. The van der Waals surface area contributed by atoms with Gasteiger partial charge >= 0.3 is 6.03 Å².